The number of benzene rings is 2. The molecule has 0 aliphatic rings. The van der Waals surface area contributed by atoms with Gasteiger partial charge in [-0.2, -0.15) is 13.2 Å². The van der Waals surface area contributed by atoms with E-state index in [-0.39, 0.29) is 5.69 Å². The van der Waals surface area contributed by atoms with E-state index in [1.54, 1.807) is 25.1 Å². The van der Waals surface area contributed by atoms with E-state index >= 15 is 0 Å². The Kier molecular flexibility index (Phi) is 6.97. The lowest BCUT2D eigenvalue weighted by atomic mass is 10.1. The predicted octanol–water partition coefficient (Wildman–Crippen LogP) is 4.19. The summed E-state index contributed by atoms with van der Waals surface area (Å²) in [7, 11) is 2.94. The highest BCUT2D eigenvalue weighted by Crippen LogP contribution is 2.36. The Balaban J connectivity index is 2.09. The summed E-state index contributed by atoms with van der Waals surface area (Å²) in [6.45, 7) is 1.64. The third-order valence-corrected chi connectivity index (χ3v) is 4.32. The maximum absolute atomic E-state index is 12.9. The molecule has 0 saturated carbocycles. The first kappa shape index (κ1) is 22.4. The number of hydrogen-bond acceptors (Lipinski definition) is 4. The van der Waals surface area contributed by atoms with Gasteiger partial charge in [-0.05, 0) is 42.8 Å². The number of rotatable bonds is 5. The molecule has 2 aromatic carbocycles. The van der Waals surface area contributed by atoms with Crippen LogP contribution in [0.5, 0.6) is 11.5 Å². The second-order valence-corrected chi connectivity index (χ2v) is 6.36. The number of amides is 2. The Hall–Kier alpha value is -2.94. The Morgan fingerprint density at radius 3 is 2.24 bits per heavy atom. The van der Waals surface area contributed by atoms with E-state index in [1.165, 1.54) is 20.3 Å². The minimum atomic E-state index is -4.69. The van der Waals surface area contributed by atoms with E-state index in [0.29, 0.717) is 23.1 Å². The normalized spacial score (nSPS) is 12.1. The fourth-order valence-corrected chi connectivity index (χ4v) is 2.70. The molecule has 0 radical (unpaired) electrons. The van der Waals surface area contributed by atoms with Crippen LogP contribution in [-0.2, 0) is 15.8 Å². The van der Waals surface area contributed by atoms with E-state index in [4.69, 9.17) is 21.1 Å². The molecule has 1 unspecified atom stereocenters. The van der Waals surface area contributed by atoms with E-state index in [9.17, 15) is 22.8 Å². The van der Waals surface area contributed by atoms with Crippen LogP contribution in [0, 0.1) is 0 Å². The number of nitrogens with one attached hydrogen (secondary N) is 2. The molecule has 10 heteroatoms. The Bertz CT molecular complexity index is 919. The van der Waals surface area contributed by atoms with Gasteiger partial charge >= 0.3 is 18.0 Å². The lowest BCUT2D eigenvalue weighted by Crippen LogP contribution is -2.37. The van der Waals surface area contributed by atoms with Crippen LogP contribution in [0.25, 0.3) is 0 Å². The molecule has 0 aliphatic carbocycles. The number of methoxy groups -OCH3 is 2. The summed E-state index contributed by atoms with van der Waals surface area (Å²) in [5.41, 5.74) is -0.689. The molecule has 0 fully saturated rings. The molecule has 1 atom stereocenters. The van der Waals surface area contributed by atoms with Crippen LogP contribution in [0.4, 0.5) is 18.9 Å². The van der Waals surface area contributed by atoms with Gasteiger partial charge in [0.05, 0.1) is 30.8 Å². The largest absolute Gasteiger partial charge is 0.493 e. The average molecular weight is 431 g/mol. The smallest absolute Gasteiger partial charge is 0.417 e. The van der Waals surface area contributed by atoms with Crippen LogP contribution < -0.4 is 20.1 Å². The van der Waals surface area contributed by atoms with Gasteiger partial charge < -0.3 is 20.1 Å². The Morgan fingerprint density at radius 1 is 1.00 bits per heavy atom. The molecule has 0 aromatic heterocycles. The summed E-state index contributed by atoms with van der Waals surface area (Å²) in [5, 5.41) is 4.08. The highest BCUT2D eigenvalue weighted by molar-refractivity contribution is 6.39. The molecule has 2 aromatic rings. The van der Waals surface area contributed by atoms with Gasteiger partial charge in [-0.15, -0.1) is 0 Å². The molecule has 0 bridgehead atoms. The van der Waals surface area contributed by atoms with E-state index < -0.39 is 34.6 Å². The fourth-order valence-electron chi connectivity index (χ4n) is 2.48. The quantitative estimate of drug-likeness (QED) is 0.697. The first-order valence-corrected chi connectivity index (χ1v) is 8.65. The summed E-state index contributed by atoms with van der Waals surface area (Å²) in [5.74, 6) is -1.20. The number of anilines is 1. The lowest BCUT2D eigenvalue weighted by Gasteiger charge is -2.16. The number of carbonyl (C=O) groups is 2. The molecule has 0 saturated heterocycles. The monoisotopic (exact) mass is 430 g/mol. The van der Waals surface area contributed by atoms with Crippen molar-refractivity contribution in [2.24, 2.45) is 0 Å². The van der Waals surface area contributed by atoms with Gasteiger partial charge in [0.2, 0.25) is 0 Å². The molecule has 2 amide bonds. The van der Waals surface area contributed by atoms with Gasteiger partial charge in [0.25, 0.3) is 0 Å². The van der Waals surface area contributed by atoms with Crippen molar-refractivity contribution in [1.82, 2.24) is 5.32 Å². The zero-order valence-corrected chi connectivity index (χ0v) is 16.4. The van der Waals surface area contributed by atoms with Crippen molar-refractivity contribution in [3.8, 4) is 11.5 Å². The van der Waals surface area contributed by atoms with Crippen molar-refractivity contribution in [1.29, 1.82) is 0 Å². The van der Waals surface area contributed by atoms with Crippen LogP contribution in [-0.4, -0.2) is 26.0 Å². The SMILES string of the molecule is COc1ccc(C(C)NC(=O)C(=O)Nc2ccc(Cl)c(C(F)(F)F)c2)cc1OC. The number of halogens is 4. The molecule has 29 heavy (non-hydrogen) atoms. The molecular weight excluding hydrogens is 413 g/mol. The Morgan fingerprint density at radius 2 is 1.66 bits per heavy atom. The summed E-state index contributed by atoms with van der Waals surface area (Å²) in [6.07, 6.45) is -4.69. The molecule has 2 N–H and O–H groups in total. The van der Waals surface area contributed by atoms with Crippen molar-refractivity contribution in [2.45, 2.75) is 19.1 Å². The topological polar surface area (TPSA) is 76.7 Å². The maximum Gasteiger partial charge on any atom is 0.417 e. The molecule has 156 valence electrons. The van der Waals surface area contributed by atoms with Gasteiger partial charge in [0.1, 0.15) is 0 Å². The molecule has 6 nitrogen and oxygen atoms in total. The van der Waals surface area contributed by atoms with Crippen LogP contribution in [0.15, 0.2) is 36.4 Å². The maximum atomic E-state index is 12.9. The van der Waals surface area contributed by atoms with Crippen molar-refractivity contribution < 1.29 is 32.2 Å². The number of hydrogen-bond donors (Lipinski definition) is 2. The number of ether oxygens (including phenoxy) is 2. The third kappa shape index (κ3) is 5.54. The minimum absolute atomic E-state index is 0.208. The highest BCUT2D eigenvalue weighted by Gasteiger charge is 2.33. The molecule has 0 aliphatic heterocycles. The van der Waals surface area contributed by atoms with Crippen molar-refractivity contribution in [2.75, 3.05) is 19.5 Å². The summed E-state index contributed by atoms with van der Waals surface area (Å²) in [4.78, 5) is 24.2. The van der Waals surface area contributed by atoms with Gasteiger partial charge in [0, 0.05) is 5.69 Å². The average Bonchev–Trinajstić information content (AvgIpc) is 2.67. The summed E-state index contributed by atoms with van der Waals surface area (Å²) in [6, 6.07) is 7.19. The van der Waals surface area contributed by atoms with E-state index in [2.05, 4.69) is 10.6 Å². The molecule has 0 heterocycles. The molecule has 2 rings (SSSR count). The highest BCUT2D eigenvalue weighted by atomic mass is 35.5. The lowest BCUT2D eigenvalue weighted by molar-refractivity contribution is -0.137. The van der Waals surface area contributed by atoms with Crippen LogP contribution in [0.1, 0.15) is 24.1 Å². The molecule has 0 spiro atoms. The summed E-state index contributed by atoms with van der Waals surface area (Å²) < 4.78 is 49.0. The predicted molar refractivity (Wildman–Crippen MR) is 101 cm³/mol. The van der Waals surface area contributed by atoms with Gasteiger partial charge in [-0.3, -0.25) is 9.59 Å². The van der Waals surface area contributed by atoms with Crippen molar-refractivity contribution >= 4 is 29.1 Å². The van der Waals surface area contributed by atoms with Crippen LogP contribution >= 0.6 is 11.6 Å². The number of alkyl halides is 3. The third-order valence-electron chi connectivity index (χ3n) is 3.99. The van der Waals surface area contributed by atoms with Crippen molar-refractivity contribution in [3.63, 3.8) is 0 Å². The zero-order chi connectivity index (χ0) is 21.8. The zero-order valence-electron chi connectivity index (χ0n) is 15.7. The first-order chi connectivity index (χ1) is 13.6. The van der Waals surface area contributed by atoms with Crippen molar-refractivity contribution in [3.05, 3.63) is 52.5 Å². The first-order valence-electron chi connectivity index (χ1n) is 8.27. The summed E-state index contributed by atoms with van der Waals surface area (Å²) >= 11 is 5.53. The standard InChI is InChI=1S/C19H18ClF3N2O4/c1-10(11-4-7-15(28-2)16(8-11)29-3)24-17(26)18(27)25-12-5-6-14(20)13(9-12)19(21,22)23/h4-10H,1-3H3,(H,24,26)(H,25,27). The van der Waals surface area contributed by atoms with Crippen LogP contribution in [0.2, 0.25) is 5.02 Å². The van der Waals surface area contributed by atoms with Gasteiger partial charge in [0.15, 0.2) is 11.5 Å². The molecular formula is C19H18ClF3N2O4. The van der Waals surface area contributed by atoms with Gasteiger partial charge in [-0.25, -0.2) is 0 Å². The van der Waals surface area contributed by atoms with E-state index in [0.717, 1.165) is 6.07 Å². The number of carbonyl (C=O) groups excluding carboxylic acids is 2. The van der Waals surface area contributed by atoms with Crippen LogP contribution in [0.3, 0.4) is 0 Å². The second kappa shape index (κ2) is 9.04. The van der Waals surface area contributed by atoms with E-state index in [1.807, 2.05) is 0 Å². The second-order valence-electron chi connectivity index (χ2n) is 5.96. The minimum Gasteiger partial charge on any atom is -0.493 e. The van der Waals surface area contributed by atoms with Gasteiger partial charge in [-0.1, -0.05) is 17.7 Å². The Labute approximate surface area is 169 Å². The fraction of sp³-hybridized carbons (Fsp3) is 0.263.